The molecule has 0 spiro atoms. The van der Waals surface area contributed by atoms with Gasteiger partial charge in [-0.15, -0.1) is 0 Å². The third-order valence-electron chi connectivity index (χ3n) is 3.51. The molecular formula is C16H13BrN2. The lowest BCUT2D eigenvalue weighted by molar-refractivity contribution is 0.773. The number of halogens is 1. The van der Waals surface area contributed by atoms with Crippen LogP contribution in [0.5, 0.6) is 0 Å². The fourth-order valence-corrected chi connectivity index (χ4v) is 3.08. The highest BCUT2D eigenvalue weighted by molar-refractivity contribution is 9.10. The number of hydrogen-bond acceptors (Lipinski definition) is 2. The van der Waals surface area contributed by atoms with Gasteiger partial charge in [0.1, 0.15) is 0 Å². The van der Waals surface area contributed by atoms with Gasteiger partial charge in [-0.25, -0.2) is 0 Å². The lowest BCUT2D eigenvalue weighted by Gasteiger charge is -2.15. The third-order valence-corrected chi connectivity index (χ3v) is 4.16. The van der Waals surface area contributed by atoms with E-state index in [-0.39, 0.29) is 0 Å². The SMILES string of the molecule is N#Cc1ccc(NC2Cc3ccccc3C2)c(Br)c1. The second-order valence-electron chi connectivity index (χ2n) is 4.82. The zero-order chi connectivity index (χ0) is 13.2. The summed E-state index contributed by atoms with van der Waals surface area (Å²) >= 11 is 3.52. The number of rotatable bonds is 2. The molecule has 0 fully saturated rings. The van der Waals surface area contributed by atoms with Gasteiger partial charge in [-0.1, -0.05) is 24.3 Å². The van der Waals surface area contributed by atoms with Crippen molar-refractivity contribution in [3.63, 3.8) is 0 Å². The highest BCUT2D eigenvalue weighted by Gasteiger charge is 2.21. The fraction of sp³-hybridized carbons (Fsp3) is 0.188. The van der Waals surface area contributed by atoms with Gasteiger partial charge >= 0.3 is 0 Å². The van der Waals surface area contributed by atoms with Gasteiger partial charge in [-0.05, 0) is 58.1 Å². The lowest BCUT2D eigenvalue weighted by Crippen LogP contribution is -2.19. The number of fused-ring (bicyclic) bond motifs is 1. The van der Waals surface area contributed by atoms with Gasteiger partial charge in [0, 0.05) is 16.2 Å². The van der Waals surface area contributed by atoms with Crippen molar-refractivity contribution in [2.75, 3.05) is 5.32 Å². The summed E-state index contributed by atoms with van der Waals surface area (Å²) in [5, 5.41) is 12.4. The predicted octanol–water partition coefficient (Wildman–Crippen LogP) is 3.90. The Morgan fingerprint density at radius 3 is 2.37 bits per heavy atom. The van der Waals surface area contributed by atoms with Crippen molar-refractivity contribution in [3.05, 3.63) is 63.6 Å². The first-order valence-corrected chi connectivity index (χ1v) is 7.08. The summed E-state index contributed by atoms with van der Waals surface area (Å²) in [4.78, 5) is 0. The first-order chi connectivity index (χ1) is 9.26. The van der Waals surface area contributed by atoms with Crippen LogP contribution in [0, 0.1) is 11.3 Å². The van der Waals surface area contributed by atoms with Crippen LogP contribution < -0.4 is 5.32 Å². The molecule has 2 aromatic rings. The van der Waals surface area contributed by atoms with E-state index in [1.807, 2.05) is 18.2 Å². The Morgan fingerprint density at radius 2 is 1.79 bits per heavy atom. The van der Waals surface area contributed by atoms with Crippen molar-refractivity contribution in [3.8, 4) is 6.07 Å². The Kier molecular flexibility index (Phi) is 3.27. The van der Waals surface area contributed by atoms with Crippen LogP contribution in [-0.2, 0) is 12.8 Å². The van der Waals surface area contributed by atoms with Crippen molar-refractivity contribution in [1.82, 2.24) is 0 Å². The van der Waals surface area contributed by atoms with Crippen LogP contribution in [-0.4, -0.2) is 6.04 Å². The van der Waals surface area contributed by atoms with Crippen molar-refractivity contribution >= 4 is 21.6 Å². The highest BCUT2D eigenvalue weighted by atomic mass is 79.9. The van der Waals surface area contributed by atoms with Gasteiger partial charge in [-0.2, -0.15) is 5.26 Å². The Morgan fingerprint density at radius 1 is 1.11 bits per heavy atom. The maximum atomic E-state index is 8.86. The largest absolute Gasteiger partial charge is 0.381 e. The molecule has 0 heterocycles. The van der Waals surface area contributed by atoms with Crippen LogP contribution in [0.2, 0.25) is 0 Å². The molecule has 0 amide bonds. The normalized spacial score (nSPS) is 13.9. The van der Waals surface area contributed by atoms with E-state index in [0.717, 1.165) is 23.0 Å². The number of hydrogen-bond donors (Lipinski definition) is 1. The average Bonchev–Trinajstić information content (AvgIpc) is 2.83. The van der Waals surface area contributed by atoms with E-state index in [2.05, 4.69) is 51.6 Å². The Bertz CT molecular complexity index is 633. The number of nitrogens with one attached hydrogen (secondary N) is 1. The molecule has 0 unspecified atom stereocenters. The van der Waals surface area contributed by atoms with E-state index in [0.29, 0.717) is 11.6 Å². The molecule has 0 radical (unpaired) electrons. The van der Waals surface area contributed by atoms with Crippen molar-refractivity contribution in [2.45, 2.75) is 18.9 Å². The minimum atomic E-state index is 0.432. The lowest BCUT2D eigenvalue weighted by atomic mass is 10.1. The van der Waals surface area contributed by atoms with Crippen LogP contribution in [0.4, 0.5) is 5.69 Å². The Labute approximate surface area is 121 Å². The number of nitrogens with zero attached hydrogens (tertiary/aromatic N) is 1. The van der Waals surface area contributed by atoms with E-state index in [9.17, 15) is 0 Å². The minimum absolute atomic E-state index is 0.432. The van der Waals surface area contributed by atoms with Gasteiger partial charge in [0.05, 0.1) is 11.6 Å². The summed E-state index contributed by atoms with van der Waals surface area (Å²) in [7, 11) is 0. The topological polar surface area (TPSA) is 35.8 Å². The van der Waals surface area contributed by atoms with Gasteiger partial charge in [0.25, 0.3) is 0 Å². The standard InChI is InChI=1S/C16H13BrN2/c17-15-7-11(10-18)5-6-16(15)19-14-8-12-3-1-2-4-13(12)9-14/h1-7,14,19H,8-9H2. The molecule has 0 aromatic heterocycles. The molecule has 0 aliphatic heterocycles. The predicted molar refractivity (Wildman–Crippen MR) is 80.1 cm³/mol. The van der Waals surface area contributed by atoms with Crippen LogP contribution in [0.25, 0.3) is 0 Å². The van der Waals surface area contributed by atoms with Gasteiger partial charge < -0.3 is 5.32 Å². The van der Waals surface area contributed by atoms with E-state index in [1.54, 1.807) is 0 Å². The first-order valence-electron chi connectivity index (χ1n) is 6.29. The number of benzene rings is 2. The zero-order valence-corrected chi connectivity index (χ0v) is 11.9. The maximum absolute atomic E-state index is 8.86. The summed E-state index contributed by atoms with van der Waals surface area (Å²) in [6.07, 6.45) is 2.12. The molecule has 0 saturated carbocycles. The molecule has 2 aromatic carbocycles. The molecular weight excluding hydrogens is 300 g/mol. The fourth-order valence-electron chi connectivity index (χ4n) is 2.58. The summed E-state index contributed by atoms with van der Waals surface area (Å²) < 4.78 is 0.947. The number of anilines is 1. The Hall–Kier alpha value is -1.79. The molecule has 3 heteroatoms. The molecule has 3 rings (SSSR count). The van der Waals surface area contributed by atoms with Crippen LogP contribution in [0.3, 0.4) is 0 Å². The molecule has 0 saturated heterocycles. The summed E-state index contributed by atoms with van der Waals surface area (Å²) in [6.45, 7) is 0. The van der Waals surface area contributed by atoms with Crippen molar-refractivity contribution < 1.29 is 0 Å². The highest BCUT2D eigenvalue weighted by Crippen LogP contribution is 2.28. The average molecular weight is 313 g/mol. The molecule has 1 aliphatic rings. The monoisotopic (exact) mass is 312 g/mol. The molecule has 1 N–H and O–H groups in total. The molecule has 94 valence electrons. The van der Waals surface area contributed by atoms with Crippen molar-refractivity contribution in [1.29, 1.82) is 5.26 Å². The molecule has 0 atom stereocenters. The second-order valence-corrected chi connectivity index (χ2v) is 5.68. The summed E-state index contributed by atoms with van der Waals surface area (Å²) in [5.74, 6) is 0. The first kappa shape index (κ1) is 12.3. The third kappa shape index (κ3) is 2.50. The smallest absolute Gasteiger partial charge is 0.0992 e. The quantitative estimate of drug-likeness (QED) is 0.913. The zero-order valence-electron chi connectivity index (χ0n) is 10.4. The van der Waals surface area contributed by atoms with Crippen LogP contribution in [0.1, 0.15) is 16.7 Å². The van der Waals surface area contributed by atoms with E-state index in [1.165, 1.54) is 11.1 Å². The van der Waals surface area contributed by atoms with Gasteiger partial charge in [0.2, 0.25) is 0 Å². The minimum Gasteiger partial charge on any atom is -0.381 e. The van der Waals surface area contributed by atoms with E-state index < -0.39 is 0 Å². The number of nitriles is 1. The van der Waals surface area contributed by atoms with Crippen molar-refractivity contribution in [2.24, 2.45) is 0 Å². The van der Waals surface area contributed by atoms with Gasteiger partial charge in [-0.3, -0.25) is 0 Å². The Balaban J connectivity index is 1.76. The van der Waals surface area contributed by atoms with Crippen LogP contribution in [0.15, 0.2) is 46.9 Å². The molecule has 19 heavy (non-hydrogen) atoms. The molecule has 1 aliphatic carbocycles. The van der Waals surface area contributed by atoms with Gasteiger partial charge in [0.15, 0.2) is 0 Å². The van der Waals surface area contributed by atoms with Crippen LogP contribution >= 0.6 is 15.9 Å². The second kappa shape index (κ2) is 5.07. The molecule has 0 bridgehead atoms. The van der Waals surface area contributed by atoms with E-state index in [4.69, 9.17) is 5.26 Å². The van der Waals surface area contributed by atoms with E-state index >= 15 is 0 Å². The maximum Gasteiger partial charge on any atom is 0.0992 e. The summed E-state index contributed by atoms with van der Waals surface area (Å²) in [6, 6.07) is 16.8. The molecule has 2 nitrogen and oxygen atoms in total. The summed E-state index contributed by atoms with van der Waals surface area (Å²) in [5.41, 5.74) is 4.60.